The molecule has 1 atom stereocenters. The molecule has 0 aromatic heterocycles. The Morgan fingerprint density at radius 1 is 1.26 bits per heavy atom. The number of aliphatic hydroxyl groups excluding tert-OH is 1. The summed E-state index contributed by atoms with van der Waals surface area (Å²) in [7, 11) is -3.95. The van der Waals surface area contributed by atoms with E-state index in [1.54, 1.807) is 12.1 Å². The van der Waals surface area contributed by atoms with Crippen molar-refractivity contribution in [2.45, 2.75) is 30.7 Å². The van der Waals surface area contributed by atoms with E-state index in [1.807, 2.05) is 18.6 Å². The molecule has 0 aliphatic carbocycles. The summed E-state index contributed by atoms with van der Waals surface area (Å²) in [6.07, 6.45) is 0. The number of benzene rings is 1. The highest BCUT2D eigenvalue weighted by Gasteiger charge is 2.24. The molecule has 1 aromatic carbocycles. The van der Waals surface area contributed by atoms with Crippen LogP contribution in [0.5, 0.6) is 0 Å². The number of hydrogen-bond acceptors (Lipinski definition) is 4. The monoisotopic (exact) mass is 287 g/mol. The van der Waals surface area contributed by atoms with Gasteiger partial charge < -0.3 is 10.2 Å². The molecule has 0 radical (unpaired) electrons. The smallest absolute Gasteiger partial charge is 0.324 e. The predicted octanol–water partition coefficient (Wildman–Crippen LogP) is 0.534. The highest BCUT2D eigenvalue weighted by atomic mass is 32.2. The van der Waals surface area contributed by atoms with Gasteiger partial charge in [0.2, 0.25) is 10.0 Å². The minimum absolute atomic E-state index is 0.0309. The summed E-state index contributed by atoms with van der Waals surface area (Å²) < 4.78 is 25.7. The Labute approximate surface area is 112 Å². The molecule has 1 rings (SSSR count). The van der Waals surface area contributed by atoms with Crippen molar-refractivity contribution >= 4 is 16.0 Å². The lowest BCUT2D eigenvalue weighted by Crippen LogP contribution is -2.43. The molecule has 1 aromatic rings. The largest absolute Gasteiger partial charge is 0.480 e. The van der Waals surface area contributed by atoms with Crippen molar-refractivity contribution in [3.8, 4) is 0 Å². The molecule has 0 fully saturated rings. The molecule has 0 spiro atoms. The van der Waals surface area contributed by atoms with Gasteiger partial charge in [0.15, 0.2) is 0 Å². The van der Waals surface area contributed by atoms with Gasteiger partial charge in [-0.25, -0.2) is 8.42 Å². The average Bonchev–Trinajstić information content (AvgIpc) is 2.35. The molecule has 19 heavy (non-hydrogen) atoms. The lowest BCUT2D eigenvalue weighted by atomic mass is 10.0. The second-order valence-electron chi connectivity index (χ2n) is 4.42. The van der Waals surface area contributed by atoms with E-state index in [9.17, 15) is 13.2 Å². The normalized spacial score (nSPS) is 13.5. The molecule has 0 saturated heterocycles. The Bertz CT molecular complexity index is 536. The molecule has 7 heteroatoms. The number of carboxylic acid groups (broad SMARTS) is 1. The van der Waals surface area contributed by atoms with Crippen molar-refractivity contribution < 1.29 is 23.4 Å². The first kappa shape index (κ1) is 15.6. The molecule has 6 nitrogen and oxygen atoms in total. The lowest BCUT2D eigenvalue weighted by Gasteiger charge is -2.13. The number of aliphatic hydroxyl groups is 1. The Balaban J connectivity index is 2.97. The first-order valence-corrected chi connectivity index (χ1v) is 7.22. The maximum absolute atomic E-state index is 11.9. The van der Waals surface area contributed by atoms with Crippen molar-refractivity contribution in [2.24, 2.45) is 0 Å². The lowest BCUT2D eigenvalue weighted by molar-refractivity contribution is -0.139. The van der Waals surface area contributed by atoms with Crippen molar-refractivity contribution in [1.82, 2.24) is 4.72 Å². The maximum Gasteiger partial charge on any atom is 0.324 e. The summed E-state index contributed by atoms with van der Waals surface area (Å²) in [6, 6.07) is 4.62. The van der Waals surface area contributed by atoms with Crippen molar-refractivity contribution in [1.29, 1.82) is 0 Å². The third kappa shape index (κ3) is 4.02. The Kier molecular flexibility index (Phi) is 5.04. The van der Waals surface area contributed by atoms with Crippen LogP contribution in [-0.2, 0) is 14.8 Å². The standard InChI is InChI=1S/C12H17NO5S/c1-8(2)9-3-5-10(6-4-9)19(17,18)13-11(7-14)12(15)16/h3-6,8,11,13-14H,7H2,1-2H3,(H,15,16). The molecular formula is C12H17NO5S. The number of carbonyl (C=O) groups is 1. The minimum Gasteiger partial charge on any atom is -0.480 e. The van der Waals surface area contributed by atoms with Gasteiger partial charge in [-0.3, -0.25) is 4.79 Å². The topological polar surface area (TPSA) is 104 Å². The van der Waals surface area contributed by atoms with E-state index in [4.69, 9.17) is 10.2 Å². The summed E-state index contributed by atoms with van der Waals surface area (Å²) in [5.41, 5.74) is 0.982. The third-order valence-electron chi connectivity index (χ3n) is 2.64. The van der Waals surface area contributed by atoms with E-state index in [-0.39, 0.29) is 10.8 Å². The average molecular weight is 287 g/mol. The first-order valence-electron chi connectivity index (χ1n) is 5.74. The van der Waals surface area contributed by atoms with Crippen LogP contribution in [0.4, 0.5) is 0 Å². The number of carboxylic acids is 1. The van der Waals surface area contributed by atoms with E-state index in [2.05, 4.69) is 0 Å². The zero-order valence-electron chi connectivity index (χ0n) is 10.7. The number of hydrogen-bond donors (Lipinski definition) is 3. The minimum atomic E-state index is -3.95. The van der Waals surface area contributed by atoms with Crippen LogP contribution in [0.2, 0.25) is 0 Å². The van der Waals surface area contributed by atoms with Gasteiger partial charge >= 0.3 is 5.97 Å². The van der Waals surface area contributed by atoms with Gasteiger partial charge in [0.1, 0.15) is 6.04 Å². The highest BCUT2D eigenvalue weighted by molar-refractivity contribution is 7.89. The van der Waals surface area contributed by atoms with Crippen molar-refractivity contribution in [2.75, 3.05) is 6.61 Å². The number of rotatable bonds is 6. The summed E-state index contributed by atoms with van der Waals surface area (Å²) in [5, 5.41) is 17.5. The van der Waals surface area contributed by atoms with Crippen LogP contribution in [0, 0.1) is 0 Å². The highest BCUT2D eigenvalue weighted by Crippen LogP contribution is 2.17. The summed E-state index contributed by atoms with van der Waals surface area (Å²) >= 11 is 0. The Morgan fingerprint density at radius 3 is 2.16 bits per heavy atom. The van der Waals surface area contributed by atoms with Crippen LogP contribution in [0.3, 0.4) is 0 Å². The fourth-order valence-corrected chi connectivity index (χ4v) is 2.63. The summed E-state index contributed by atoms with van der Waals surface area (Å²) in [4.78, 5) is 10.7. The van der Waals surface area contributed by atoms with E-state index in [0.29, 0.717) is 0 Å². The number of sulfonamides is 1. The number of nitrogens with one attached hydrogen (secondary N) is 1. The van der Waals surface area contributed by atoms with Gasteiger partial charge in [0, 0.05) is 0 Å². The van der Waals surface area contributed by atoms with Crippen LogP contribution in [0.15, 0.2) is 29.2 Å². The molecule has 3 N–H and O–H groups in total. The molecule has 0 amide bonds. The van der Waals surface area contributed by atoms with Crippen molar-refractivity contribution in [3.63, 3.8) is 0 Å². The zero-order valence-corrected chi connectivity index (χ0v) is 11.5. The number of aliphatic carboxylic acids is 1. The fourth-order valence-electron chi connectivity index (χ4n) is 1.45. The van der Waals surface area contributed by atoms with E-state index >= 15 is 0 Å². The molecule has 1 unspecified atom stereocenters. The molecule has 106 valence electrons. The van der Waals surface area contributed by atoms with E-state index in [0.717, 1.165) is 5.56 Å². The molecule has 0 bridgehead atoms. The van der Waals surface area contributed by atoms with Gasteiger partial charge in [0.05, 0.1) is 11.5 Å². The summed E-state index contributed by atoms with van der Waals surface area (Å²) in [5.74, 6) is -1.15. The molecule has 0 heterocycles. The van der Waals surface area contributed by atoms with Crippen LogP contribution >= 0.6 is 0 Å². The van der Waals surface area contributed by atoms with Crippen LogP contribution in [0.1, 0.15) is 25.3 Å². The Morgan fingerprint density at radius 2 is 1.79 bits per heavy atom. The zero-order chi connectivity index (χ0) is 14.6. The molecule has 0 saturated carbocycles. The van der Waals surface area contributed by atoms with Crippen LogP contribution in [-0.4, -0.2) is 37.2 Å². The van der Waals surface area contributed by atoms with E-state index in [1.165, 1.54) is 12.1 Å². The second kappa shape index (κ2) is 6.14. The van der Waals surface area contributed by atoms with Crippen molar-refractivity contribution in [3.05, 3.63) is 29.8 Å². The maximum atomic E-state index is 11.9. The molecular weight excluding hydrogens is 270 g/mol. The van der Waals surface area contributed by atoms with Crippen LogP contribution < -0.4 is 4.72 Å². The second-order valence-corrected chi connectivity index (χ2v) is 6.13. The first-order chi connectivity index (χ1) is 8.77. The Hall–Kier alpha value is -1.44. The van der Waals surface area contributed by atoms with Gasteiger partial charge in [-0.1, -0.05) is 26.0 Å². The van der Waals surface area contributed by atoms with Gasteiger partial charge in [-0.2, -0.15) is 4.72 Å². The molecule has 0 aliphatic rings. The van der Waals surface area contributed by atoms with E-state index < -0.39 is 28.6 Å². The predicted molar refractivity (Wildman–Crippen MR) is 69.4 cm³/mol. The van der Waals surface area contributed by atoms with Crippen LogP contribution in [0.25, 0.3) is 0 Å². The van der Waals surface area contributed by atoms with Gasteiger partial charge in [-0.05, 0) is 23.6 Å². The van der Waals surface area contributed by atoms with Gasteiger partial charge in [0.25, 0.3) is 0 Å². The van der Waals surface area contributed by atoms with Gasteiger partial charge in [-0.15, -0.1) is 0 Å². The molecule has 0 aliphatic heterocycles. The fraction of sp³-hybridized carbons (Fsp3) is 0.417. The third-order valence-corrected chi connectivity index (χ3v) is 4.12. The summed E-state index contributed by atoms with van der Waals surface area (Å²) in [6.45, 7) is 3.15. The SMILES string of the molecule is CC(C)c1ccc(S(=O)(=O)NC(CO)C(=O)O)cc1. The quantitative estimate of drug-likeness (QED) is 0.708.